The summed E-state index contributed by atoms with van der Waals surface area (Å²) in [5.41, 5.74) is 1.10. The van der Waals surface area contributed by atoms with Crippen LogP contribution in [0.2, 0.25) is 5.02 Å². The summed E-state index contributed by atoms with van der Waals surface area (Å²) in [7, 11) is 0. The second-order valence-corrected chi connectivity index (χ2v) is 5.07. The van der Waals surface area contributed by atoms with Gasteiger partial charge in [0.25, 0.3) is 0 Å². The first-order valence-corrected chi connectivity index (χ1v) is 6.72. The van der Waals surface area contributed by atoms with E-state index in [-0.39, 0.29) is 0 Å². The molecule has 1 N–H and O–H groups in total. The fourth-order valence-electron chi connectivity index (χ4n) is 1.87. The highest BCUT2D eigenvalue weighted by Crippen LogP contribution is 2.12. The Labute approximate surface area is 125 Å². The summed E-state index contributed by atoms with van der Waals surface area (Å²) in [5.74, 6) is 0.801. The monoisotopic (exact) mass is 306 g/mol. The van der Waals surface area contributed by atoms with Crippen molar-refractivity contribution in [2.24, 2.45) is 0 Å². The third-order valence-electron chi connectivity index (χ3n) is 2.86. The molecule has 0 saturated heterocycles. The first kappa shape index (κ1) is 13.0. The molecule has 0 fully saturated rings. The van der Waals surface area contributed by atoms with Crippen molar-refractivity contribution in [3.05, 3.63) is 58.1 Å². The number of nitrogens with one attached hydrogen (secondary N) is 1. The Morgan fingerprint density at radius 1 is 1.20 bits per heavy atom. The Morgan fingerprint density at radius 3 is 2.70 bits per heavy atom. The molecule has 2 aromatic heterocycles. The van der Waals surface area contributed by atoms with E-state index in [9.17, 15) is 0 Å². The van der Waals surface area contributed by atoms with Crippen molar-refractivity contribution in [1.82, 2.24) is 29.5 Å². The van der Waals surface area contributed by atoms with Gasteiger partial charge in [-0.05, 0) is 29.9 Å². The lowest BCUT2D eigenvalue weighted by atomic mass is 10.2. The van der Waals surface area contributed by atoms with Crippen LogP contribution >= 0.6 is 23.8 Å². The number of aromatic nitrogens is 6. The van der Waals surface area contributed by atoms with Gasteiger partial charge in [-0.3, -0.25) is 9.67 Å². The van der Waals surface area contributed by atoms with E-state index in [4.69, 9.17) is 23.8 Å². The molecule has 8 heteroatoms. The molecule has 0 aliphatic carbocycles. The first-order valence-electron chi connectivity index (χ1n) is 5.93. The molecule has 0 amide bonds. The van der Waals surface area contributed by atoms with Crippen LogP contribution in [0.4, 0.5) is 0 Å². The molecule has 0 aliphatic rings. The minimum absolute atomic E-state index is 0.515. The summed E-state index contributed by atoms with van der Waals surface area (Å²) in [6, 6.07) is 7.65. The molecule has 0 bridgehead atoms. The molecule has 102 valence electrons. The van der Waals surface area contributed by atoms with Crippen molar-refractivity contribution in [1.29, 1.82) is 0 Å². The fourth-order valence-corrected chi connectivity index (χ4v) is 2.21. The molecule has 0 aliphatic heterocycles. The normalized spacial score (nSPS) is 10.8. The van der Waals surface area contributed by atoms with Crippen LogP contribution in [-0.2, 0) is 13.1 Å². The maximum Gasteiger partial charge on any atom is 0.195 e. The van der Waals surface area contributed by atoms with Crippen molar-refractivity contribution < 1.29 is 0 Å². The molecule has 0 saturated carbocycles. The highest BCUT2D eigenvalue weighted by atomic mass is 35.5. The number of nitrogens with zero attached hydrogens (tertiary/aromatic N) is 5. The highest BCUT2D eigenvalue weighted by molar-refractivity contribution is 7.71. The van der Waals surface area contributed by atoms with E-state index in [1.807, 2.05) is 28.8 Å². The standard InChI is InChI=1S/C12H11ClN6S/c13-10-3-1-9(2-4-10)5-19-11(16-17-12(19)20)6-18-8-14-7-15-18/h1-4,7-8H,5-6H2,(H,17,20). The molecule has 0 radical (unpaired) electrons. The lowest BCUT2D eigenvalue weighted by molar-refractivity contribution is 0.611. The number of rotatable bonds is 4. The van der Waals surface area contributed by atoms with Crippen LogP contribution < -0.4 is 0 Å². The Bertz CT molecular complexity index is 743. The second kappa shape index (κ2) is 5.56. The highest BCUT2D eigenvalue weighted by Gasteiger charge is 2.08. The van der Waals surface area contributed by atoms with Crippen LogP contribution in [0.5, 0.6) is 0 Å². The summed E-state index contributed by atoms with van der Waals surface area (Å²) < 4.78 is 4.21. The van der Waals surface area contributed by atoms with Gasteiger partial charge in [0, 0.05) is 5.02 Å². The van der Waals surface area contributed by atoms with Gasteiger partial charge in [0.2, 0.25) is 0 Å². The third-order valence-corrected chi connectivity index (χ3v) is 3.42. The van der Waals surface area contributed by atoms with E-state index in [1.54, 1.807) is 11.0 Å². The van der Waals surface area contributed by atoms with Gasteiger partial charge in [-0.15, -0.1) is 0 Å². The summed E-state index contributed by atoms with van der Waals surface area (Å²) in [6.07, 6.45) is 3.13. The maximum atomic E-state index is 5.89. The first-order chi connectivity index (χ1) is 9.72. The smallest absolute Gasteiger partial charge is 0.195 e. The number of benzene rings is 1. The number of aromatic amines is 1. The molecule has 1 aromatic carbocycles. The van der Waals surface area contributed by atoms with Crippen LogP contribution in [0.25, 0.3) is 0 Å². The number of hydrogen-bond donors (Lipinski definition) is 1. The zero-order chi connectivity index (χ0) is 13.9. The van der Waals surface area contributed by atoms with Gasteiger partial charge in [-0.25, -0.2) is 9.67 Å². The minimum Gasteiger partial charge on any atom is -0.298 e. The SMILES string of the molecule is S=c1[nH]nc(Cn2cncn2)n1Cc1ccc(Cl)cc1. The molecule has 6 nitrogen and oxygen atoms in total. The minimum atomic E-state index is 0.515. The van der Waals surface area contributed by atoms with Crippen molar-refractivity contribution in [2.45, 2.75) is 13.1 Å². The van der Waals surface area contributed by atoms with Gasteiger partial charge in [0.1, 0.15) is 19.2 Å². The maximum absolute atomic E-state index is 5.89. The quantitative estimate of drug-likeness (QED) is 0.751. The predicted molar refractivity (Wildman–Crippen MR) is 77.1 cm³/mol. The summed E-state index contributed by atoms with van der Waals surface area (Å²) >= 11 is 11.2. The largest absolute Gasteiger partial charge is 0.298 e. The Morgan fingerprint density at radius 2 is 2.00 bits per heavy atom. The molecule has 3 rings (SSSR count). The average molecular weight is 307 g/mol. The molecule has 0 spiro atoms. The van der Waals surface area contributed by atoms with Crippen molar-refractivity contribution >= 4 is 23.8 Å². The Kier molecular flexibility index (Phi) is 3.62. The van der Waals surface area contributed by atoms with Gasteiger partial charge < -0.3 is 0 Å². The fraction of sp³-hybridized carbons (Fsp3) is 0.167. The van der Waals surface area contributed by atoms with E-state index in [2.05, 4.69) is 20.3 Å². The van der Waals surface area contributed by atoms with Crippen LogP contribution in [0.1, 0.15) is 11.4 Å². The molecule has 3 aromatic rings. The van der Waals surface area contributed by atoms with E-state index in [0.29, 0.717) is 22.9 Å². The van der Waals surface area contributed by atoms with Gasteiger partial charge in [0.05, 0.1) is 6.54 Å². The van der Waals surface area contributed by atoms with E-state index >= 15 is 0 Å². The van der Waals surface area contributed by atoms with Crippen LogP contribution in [-0.4, -0.2) is 29.5 Å². The number of halogens is 1. The summed E-state index contributed by atoms with van der Waals surface area (Å²) in [6.45, 7) is 1.15. The molecule has 2 heterocycles. The zero-order valence-electron chi connectivity index (χ0n) is 10.4. The number of hydrogen-bond acceptors (Lipinski definition) is 4. The lowest BCUT2D eigenvalue weighted by Crippen LogP contribution is -2.10. The van der Waals surface area contributed by atoms with Crippen LogP contribution in [0, 0.1) is 4.77 Å². The molecule has 0 unspecified atom stereocenters. The summed E-state index contributed by atoms with van der Waals surface area (Å²) in [5, 5.41) is 11.8. The van der Waals surface area contributed by atoms with Crippen molar-refractivity contribution in [3.63, 3.8) is 0 Å². The second-order valence-electron chi connectivity index (χ2n) is 4.25. The van der Waals surface area contributed by atoms with Crippen LogP contribution in [0.15, 0.2) is 36.9 Å². The molecular weight excluding hydrogens is 296 g/mol. The number of H-pyrrole nitrogens is 1. The molecule has 0 atom stereocenters. The molecular formula is C12H11ClN6S. The van der Waals surface area contributed by atoms with Crippen molar-refractivity contribution in [3.8, 4) is 0 Å². The lowest BCUT2D eigenvalue weighted by Gasteiger charge is -2.07. The Balaban J connectivity index is 1.87. The van der Waals surface area contributed by atoms with E-state index < -0.39 is 0 Å². The van der Waals surface area contributed by atoms with E-state index in [1.165, 1.54) is 6.33 Å². The predicted octanol–water partition coefficient (Wildman–Crippen LogP) is 2.28. The van der Waals surface area contributed by atoms with E-state index in [0.717, 1.165) is 11.4 Å². The van der Waals surface area contributed by atoms with Gasteiger partial charge in [-0.2, -0.15) is 10.2 Å². The van der Waals surface area contributed by atoms with Gasteiger partial charge >= 0.3 is 0 Å². The van der Waals surface area contributed by atoms with Crippen molar-refractivity contribution in [2.75, 3.05) is 0 Å². The topological polar surface area (TPSA) is 64.3 Å². The summed E-state index contributed by atoms with van der Waals surface area (Å²) in [4.78, 5) is 3.91. The Hall–Kier alpha value is -1.99. The van der Waals surface area contributed by atoms with Gasteiger partial charge in [-0.1, -0.05) is 23.7 Å². The third kappa shape index (κ3) is 2.78. The van der Waals surface area contributed by atoms with Gasteiger partial charge in [0.15, 0.2) is 10.6 Å². The average Bonchev–Trinajstić information content (AvgIpc) is 3.06. The molecule has 20 heavy (non-hydrogen) atoms. The van der Waals surface area contributed by atoms with Crippen LogP contribution in [0.3, 0.4) is 0 Å². The zero-order valence-corrected chi connectivity index (χ0v) is 12.0.